The first kappa shape index (κ1) is 22.1. The number of ether oxygens (including phenoxy) is 1. The zero-order valence-corrected chi connectivity index (χ0v) is 19.3. The second-order valence-corrected chi connectivity index (χ2v) is 9.56. The maximum atomic E-state index is 11.8. The maximum absolute atomic E-state index is 11.8. The molecule has 31 heavy (non-hydrogen) atoms. The Bertz CT molecular complexity index is 899. The average Bonchev–Trinajstić information content (AvgIpc) is 2.80. The van der Waals surface area contributed by atoms with Crippen LogP contribution in [0.4, 0.5) is 11.5 Å². The molecule has 7 heteroatoms. The van der Waals surface area contributed by atoms with Crippen LogP contribution in [-0.2, 0) is 16.0 Å². The molecule has 1 unspecified atom stereocenters. The Hall–Kier alpha value is -2.12. The van der Waals surface area contributed by atoms with Crippen LogP contribution in [0.5, 0.6) is 0 Å². The van der Waals surface area contributed by atoms with Crippen molar-refractivity contribution in [3.63, 3.8) is 0 Å². The number of hydrogen-bond acceptors (Lipinski definition) is 7. The lowest BCUT2D eigenvalue weighted by atomic mass is 9.89. The molecule has 2 aliphatic heterocycles. The van der Waals surface area contributed by atoms with Gasteiger partial charge in [-0.1, -0.05) is 24.8 Å². The highest BCUT2D eigenvalue weighted by Gasteiger charge is 2.22. The van der Waals surface area contributed by atoms with E-state index in [9.17, 15) is 4.79 Å². The van der Waals surface area contributed by atoms with Crippen molar-refractivity contribution in [2.75, 3.05) is 31.6 Å². The van der Waals surface area contributed by atoms with Gasteiger partial charge in [-0.15, -0.1) is 0 Å². The van der Waals surface area contributed by atoms with E-state index in [0.29, 0.717) is 6.61 Å². The Morgan fingerprint density at radius 3 is 2.90 bits per heavy atom. The van der Waals surface area contributed by atoms with E-state index in [1.165, 1.54) is 23.3 Å². The number of anilines is 2. The van der Waals surface area contributed by atoms with E-state index in [4.69, 9.17) is 4.74 Å². The van der Waals surface area contributed by atoms with Gasteiger partial charge in [-0.3, -0.25) is 4.79 Å². The van der Waals surface area contributed by atoms with Gasteiger partial charge < -0.3 is 15.0 Å². The van der Waals surface area contributed by atoms with Gasteiger partial charge in [0.2, 0.25) is 0 Å². The topological polar surface area (TPSA) is 67.3 Å². The van der Waals surface area contributed by atoms with Crippen molar-refractivity contribution in [1.29, 1.82) is 0 Å². The van der Waals surface area contributed by atoms with Crippen LogP contribution in [0, 0.1) is 11.8 Å². The molecule has 6 nitrogen and oxygen atoms in total. The molecule has 0 amide bonds. The predicted molar refractivity (Wildman–Crippen MR) is 124 cm³/mol. The number of fused-ring (bicyclic) bond motifs is 2. The van der Waals surface area contributed by atoms with Gasteiger partial charge in [0.1, 0.15) is 5.03 Å². The van der Waals surface area contributed by atoms with Crippen molar-refractivity contribution in [1.82, 2.24) is 14.9 Å². The van der Waals surface area contributed by atoms with Gasteiger partial charge in [-0.2, -0.15) is 0 Å². The number of benzene rings is 1. The quantitative estimate of drug-likeness (QED) is 0.499. The number of likely N-dealkylation sites (tertiary alicyclic amines) is 1. The van der Waals surface area contributed by atoms with Crippen molar-refractivity contribution in [2.24, 2.45) is 11.8 Å². The van der Waals surface area contributed by atoms with Crippen molar-refractivity contribution < 1.29 is 9.53 Å². The summed E-state index contributed by atoms with van der Waals surface area (Å²) < 4.78 is 5.13. The number of nitrogens with one attached hydrogen (secondary N) is 1. The zero-order chi connectivity index (χ0) is 21.6. The van der Waals surface area contributed by atoms with Gasteiger partial charge in [-0.05, 0) is 75.7 Å². The van der Waals surface area contributed by atoms with Crippen LogP contribution in [0.15, 0.2) is 40.5 Å². The first-order valence-corrected chi connectivity index (χ1v) is 12.2. The van der Waals surface area contributed by atoms with Crippen LogP contribution in [0.1, 0.15) is 45.1 Å². The molecule has 0 saturated carbocycles. The molecule has 3 heterocycles. The normalized spacial score (nSPS) is 17.4. The molecule has 0 aliphatic carbocycles. The SMILES string of the molecule is CCOC(=O)C(C)CCC1CCN(CCc2ccc3c(c2)Nc2nccnc2S3)CC1. The maximum Gasteiger partial charge on any atom is 0.308 e. The molecular weight excluding hydrogens is 408 g/mol. The van der Waals surface area contributed by atoms with Gasteiger partial charge in [0.15, 0.2) is 5.82 Å². The fourth-order valence-electron chi connectivity index (χ4n) is 4.31. The molecule has 1 aromatic heterocycles. The second kappa shape index (κ2) is 10.5. The largest absolute Gasteiger partial charge is 0.466 e. The number of esters is 1. The second-order valence-electron chi connectivity index (χ2n) is 8.53. The first-order chi connectivity index (χ1) is 15.1. The summed E-state index contributed by atoms with van der Waals surface area (Å²) in [6.45, 7) is 7.73. The van der Waals surface area contributed by atoms with Crippen molar-refractivity contribution in [3.8, 4) is 0 Å². The predicted octanol–water partition coefficient (Wildman–Crippen LogP) is 4.92. The fraction of sp³-hybridized carbons (Fsp3) is 0.542. The molecule has 0 spiro atoms. The Balaban J connectivity index is 1.21. The molecule has 1 N–H and O–H groups in total. The van der Waals surface area contributed by atoms with Crippen LogP contribution >= 0.6 is 11.8 Å². The van der Waals surface area contributed by atoms with Gasteiger partial charge in [0, 0.05) is 23.8 Å². The van der Waals surface area contributed by atoms with Crippen LogP contribution in [0.2, 0.25) is 0 Å². The standard InChI is InChI=1S/C24H32N4O2S/c1-3-30-24(29)17(2)4-5-18-8-13-28(14-9-18)15-10-19-6-7-21-20(16-19)27-22-23(31-21)26-12-11-25-22/h6-7,11-12,16-18H,3-5,8-10,13-15H2,1-2H3,(H,25,27). The molecular formula is C24H32N4O2S. The Labute approximate surface area is 189 Å². The number of carbonyl (C=O) groups excluding carboxylic acids is 1. The number of piperidine rings is 1. The summed E-state index contributed by atoms with van der Waals surface area (Å²) in [5.41, 5.74) is 2.48. The number of nitrogens with zero attached hydrogens (tertiary/aromatic N) is 3. The van der Waals surface area contributed by atoms with Gasteiger partial charge in [0.25, 0.3) is 0 Å². The molecule has 2 aliphatic rings. The molecule has 1 atom stereocenters. The lowest BCUT2D eigenvalue weighted by Crippen LogP contribution is -2.35. The summed E-state index contributed by atoms with van der Waals surface area (Å²) >= 11 is 1.67. The minimum absolute atomic E-state index is 0.0201. The third-order valence-corrected chi connectivity index (χ3v) is 7.36. The van der Waals surface area contributed by atoms with E-state index in [0.717, 1.165) is 61.3 Å². The highest BCUT2D eigenvalue weighted by atomic mass is 32.2. The first-order valence-electron chi connectivity index (χ1n) is 11.4. The van der Waals surface area contributed by atoms with E-state index in [-0.39, 0.29) is 11.9 Å². The minimum Gasteiger partial charge on any atom is -0.466 e. The highest BCUT2D eigenvalue weighted by molar-refractivity contribution is 7.99. The number of hydrogen-bond donors (Lipinski definition) is 1. The highest BCUT2D eigenvalue weighted by Crippen LogP contribution is 2.42. The molecule has 0 bridgehead atoms. The van der Waals surface area contributed by atoms with E-state index in [1.807, 2.05) is 13.8 Å². The smallest absolute Gasteiger partial charge is 0.308 e. The summed E-state index contributed by atoms with van der Waals surface area (Å²) in [7, 11) is 0. The third kappa shape index (κ3) is 5.77. The van der Waals surface area contributed by atoms with E-state index >= 15 is 0 Å². The molecule has 1 saturated heterocycles. The van der Waals surface area contributed by atoms with Crippen LogP contribution < -0.4 is 5.32 Å². The summed E-state index contributed by atoms with van der Waals surface area (Å²) in [6.07, 6.45) is 9.04. The zero-order valence-electron chi connectivity index (χ0n) is 18.5. The number of aromatic nitrogens is 2. The number of carbonyl (C=O) groups is 1. The molecule has 4 rings (SSSR count). The van der Waals surface area contributed by atoms with E-state index in [1.54, 1.807) is 24.2 Å². The minimum atomic E-state index is -0.0478. The number of rotatable bonds is 8. The monoisotopic (exact) mass is 440 g/mol. The molecule has 1 aromatic carbocycles. The summed E-state index contributed by atoms with van der Waals surface area (Å²) in [5.74, 6) is 1.55. The lowest BCUT2D eigenvalue weighted by molar-refractivity contribution is -0.147. The lowest BCUT2D eigenvalue weighted by Gasteiger charge is -2.32. The van der Waals surface area contributed by atoms with Gasteiger partial charge in [0.05, 0.1) is 18.2 Å². The van der Waals surface area contributed by atoms with Crippen molar-refractivity contribution in [3.05, 3.63) is 36.2 Å². The molecule has 2 aromatic rings. The average molecular weight is 441 g/mol. The summed E-state index contributed by atoms with van der Waals surface area (Å²) in [5, 5.41) is 4.36. The van der Waals surface area contributed by atoms with Crippen LogP contribution in [0.25, 0.3) is 0 Å². The van der Waals surface area contributed by atoms with Crippen LogP contribution in [-0.4, -0.2) is 47.1 Å². The van der Waals surface area contributed by atoms with E-state index in [2.05, 4.69) is 38.4 Å². The Morgan fingerprint density at radius 1 is 1.29 bits per heavy atom. The van der Waals surface area contributed by atoms with Gasteiger partial charge in [-0.25, -0.2) is 9.97 Å². The third-order valence-electron chi connectivity index (χ3n) is 6.29. The molecule has 166 valence electrons. The summed E-state index contributed by atoms with van der Waals surface area (Å²) in [4.78, 5) is 24.4. The Morgan fingerprint density at radius 2 is 2.10 bits per heavy atom. The van der Waals surface area contributed by atoms with Crippen molar-refractivity contribution >= 4 is 29.2 Å². The van der Waals surface area contributed by atoms with Crippen LogP contribution in [0.3, 0.4) is 0 Å². The summed E-state index contributed by atoms with van der Waals surface area (Å²) in [6, 6.07) is 6.68. The molecule has 1 fully saturated rings. The van der Waals surface area contributed by atoms with E-state index < -0.39 is 0 Å². The fourth-order valence-corrected chi connectivity index (χ4v) is 5.19. The van der Waals surface area contributed by atoms with Gasteiger partial charge >= 0.3 is 5.97 Å². The Kier molecular flexibility index (Phi) is 7.45. The van der Waals surface area contributed by atoms with Crippen molar-refractivity contribution in [2.45, 2.75) is 55.9 Å². The molecule has 0 radical (unpaired) electrons.